The molecule has 0 radical (unpaired) electrons. The summed E-state index contributed by atoms with van der Waals surface area (Å²) in [6, 6.07) is 0.610. The van der Waals surface area contributed by atoms with Crippen LogP contribution < -0.4 is 5.32 Å². The molecule has 3 rings (SSSR count). The first kappa shape index (κ1) is 11.4. The van der Waals surface area contributed by atoms with Gasteiger partial charge in [0.05, 0.1) is 0 Å². The molecule has 92 valence electrons. The summed E-state index contributed by atoms with van der Waals surface area (Å²) >= 11 is 1.76. The molecule has 2 nitrogen and oxygen atoms in total. The lowest BCUT2D eigenvalue weighted by Crippen LogP contribution is -2.35. The van der Waals surface area contributed by atoms with Crippen molar-refractivity contribution in [2.75, 3.05) is 0 Å². The number of rotatable bonds is 4. The number of nitrogens with zero attached hydrogens (tertiary/aromatic N) is 1. The molecule has 1 aromatic rings. The zero-order valence-corrected chi connectivity index (χ0v) is 11.3. The fourth-order valence-corrected chi connectivity index (χ4v) is 4.00. The number of aromatic nitrogens is 1. The van der Waals surface area contributed by atoms with Crippen molar-refractivity contribution in [3.8, 4) is 0 Å². The van der Waals surface area contributed by atoms with Crippen LogP contribution in [0.1, 0.15) is 30.5 Å². The Labute approximate surface area is 107 Å². The Kier molecular flexibility index (Phi) is 3.05. The highest BCUT2D eigenvalue weighted by Gasteiger charge is 2.38. The van der Waals surface area contributed by atoms with E-state index in [9.17, 15) is 0 Å². The van der Waals surface area contributed by atoms with Gasteiger partial charge in [0.2, 0.25) is 0 Å². The molecule has 0 saturated heterocycles. The van der Waals surface area contributed by atoms with Gasteiger partial charge in [0, 0.05) is 23.7 Å². The topological polar surface area (TPSA) is 24.9 Å². The molecular weight excluding hydrogens is 228 g/mol. The Bertz CT molecular complexity index is 424. The maximum Gasteiger partial charge on any atom is 0.107 e. The van der Waals surface area contributed by atoms with E-state index in [2.05, 4.69) is 41.7 Å². The number of thiazole rings is 1. The third kappa shape index (κ3) is 2.31. The molecule has 1 heterocycles. The fraction of sp³-hybridized carbons (Fsp3) is 0.643. The summed E-state index contributed by atoms with van der Waals surface area (Å²) in [4.78, 5) is 4.50. The van der Waals surface area contributed by atoms with E-state index in [1.807, 2.05) is 0 Å². The Morgan fingerprint density at radius 1 is 1.47 bits per heavy atom. The lowest BCUT2D eigenvalue weighted by molar-refractivity contribution is 0.326. The predicted molar refractivity (Wildman–Crippen MR) is 72.0 cm³/mol. The Morgan fingerprint density at radius 2 is 2.35 bits per heavy atom. The van der Waals surface area contributed by atoms with Crippen molar-refractivity contribution in [3.05, 3.63) is 28.2 Å². The molecule has 4 atom stereocenters. The lowest BCUT2D eigenvalue weighted by atomic mass is 9.87. The first-order valence-corrected chi connectivity index (χ1v) is 7.43. The normalized spacial score (nSPS) is 32.2. The third-order valence-electron chi connectivity index (χ3n) is 4.21. The monoisotopic (exact) mass is 248 g/mol. The van der Waals surface area contributed by atoms with E-state index in [-0.39, 0.29) is 0 Å². The van der Waals surface area contributed by atoms with Gasteiger partial charge in [-0.1, -0.05) is 12.2 Å². The molecule has 1 saturated carbocycles. The summed E-state index contributed by atoms with van der Waals surface area (Å²) in [5.41, 5.74) is 1.14. The van der Waals surface area contributed by atoms with Gasteiger partial charge in [-0.15, -0.1) is 11.3 Å². The summed E-state index contributed by atoms with van der Waals surface area (Å²) in [6.45, 7) is 5.32. The van der Waals surface area contributed by atoms with Crippen LogP contribution in [0.5, 0.6) is 0 Å². The summed E-state index contributed by atoms with van der Waals surface area (Å²) in [5, 5.41) is 7.00. The zero-order valence-electron chi connectivity index (χ0n) is 10.5. The molecule has 17 heavy (non-hydrogen) atoms. The van der Waals surface area contributed by atoms with Crippen LogP contribution in [0, 0.1) is 24.7 Å². The highest BCUT2D eigenvalue weighted by atomic mass is 32.1. The summed E-state index contributed by atoms with van der Waals surface area (Å²) in [7, 11) is 0. The quantitative estimate of drug-likeness (QED) is 0.828. The molecule has 2 aliphatic rings. The van der Waals surface area contributed by atoms with Gasteiger partial charge in [-0.3, -0.25) is 0 Å². The average molecular weight is 248 g/mol. The van der Waals surface area contributed by atoms with Gasteiger partial charge in [0.25, 0.3) is 0 Å². The fourth-order valence-electron chi connectivity index (χ4n) is 3.28. The van der Waals surface area contributed by atoms with E-state index in [0.717, 1.165) is 30.0 Å². The van der Waals surface area contributed by atoms with E-state index in [0.29, 0.717) is 6.04 Å². The molecule has 1 aromatic heterocycles. The van der Waals surface area contributed by atoms with Crippen molar-refractivity contribution in [2.24, 2.45) is 17.8 Å². The second kappa shape index (κ2) is 4.54. The van der Waals surface area contributed by atoms with E-state index in [1.165, 1.54) is 17.8 Å². The first-order valence-electron chi connectivity index (χ1n) is 6.55. The van der Waals surface area contributed by atoms with Crippen LogP contribution >= 0.6 is 11.3 Å². The highest BCUT2D eigenvalue weighted by molar-refractivity contribution is 7.09. The predicted octanol–water partition coefficient (Wildman–Crippen LogP) is 3.14. The average Bonchev–Trinajstić information content (AvgIpc) is 3.01. The van der Waals surface area contributed by atoms with Crippen LogP contribution in [0.25, 0.3) is 0 Å². The van der Waals surface area contributed by atoms with Gasteiger partial charge in [-0.05, 0) is 44.4 Å². The number of hydrogen-bond acceptors (Lipinski definition) is 3. The van der Waals surface area contributed by atoms with Crippen molar-refractivity contribution in [1.29, 1.82) is 0 Å². The summed E-state index contributed by atoms with van der Waals surface area (Å²) in [5.74, 6) is 2.54. The highest BCUT2D eigenvalue weighted by Crippen LogP contribution is 2.44. The second-order valence-electron chi connectivity index (χ2n) is 5.50. The van der Waals surface area contributed by atoms with Crippen molar-refractivity contribution in [1.82, 2.24) is 10.3 Å². The molecule has 0 spiro atoms. The maximum absolute atomic E-state index is 4.50. The van der Waals surface area contributed by atoms with Gasteiger partial charge in [-0.2, -0.15) is 0 Å². The standard InChI is InChI=1S/C14H20N2S/c1-9-8-17-14(16-9)7-15-10(2)13-6-11-3-4-12(13)5-11/h3-4,8,10-13,15H,5-7H2,1-2H3. The smallest absolute Gasteiger partial charge is 0.107 e. The van der Waals surface area contributed by atoms with Crippen molar-refractivity contribution < 1.29 is 0 Å². The number of nitrogens with one attached hydrogen (secondary N) is 1. The van der Waals surface area contributed by atoms with Crippen LogP contribution in [0.4, 0.5) is 0 Å². The minimum atomic E-state index is 0.610. The van der Waals surface area contributed by atoms with Gasteiger partial charge < -0.3 is 5.32 Å². The van der Waals surface area contributed by atoms with E-state index < -0.39 is 0 Å². The van der Waals surface area contributed by atoms with Crippen LogP contribution in [-0.4, -0.2) is 11.0 Å². The van der Waals surface area contributed by atoms with E-state index in [1.54, 1.807) is 11.3 Å². The summed E-state index contributed by atoms with van der Waals surface area (Å²) in [6.07, 6.45) is 7.63. The minimum Gasteiger partial charge on any atom is -0.308 e. The molecule has 0 amide bonds. The number of aryl methyl sites for hydroxylation is 1. The summed E-state index contributed by atoms with van der Waals surface area (Å²) < 4.78 is 0. The van der Waals surface area contributed by atoms with E-state index in [4.69, 9.17) is 0 Å². The lowest BCUT2D eigenvalue weighted by Gasteiger charge is -2.26. The molecule has 1 N–H and O–H groups in total. The largest absolute Gasteiger partial charge is 0.308 e. The maximum atomic E-state index is 4.50. The Hall–Kier alpha value is -0.670. The first-order chi connectivity index (χ1) is 8.22. The number of fused-ring (bicyclic) bond motifs is 2. The van der Waals surface area contributed by atoms with Gasteiger partial charge in [-0.25, -0.2) is 4.98 Å². The molecule has 4 unspecified atom stereocenters. The van der Waals surface area contributed by atoms with Crippen molar-refractivity contribution >= 4 is 11.3 Å². The van der Waals surface area contributed by atoms with Gasteiger partial charge >= 0.3 is 0 Å². The molecule has 0 aromatic carbocycles. The minimum absolute atomic E-state index is 0.610. The third-order valence-corrected chi connectivity index (χ3v) is 5.18. The van der Waals surface area contributed by atoms with Crippen LogP contribution in [-0.2, 0) is 6.54 Å². The van der Waals surface area contributed by atoms with E-state index >= 15 is 0 Å². The molecular formula is C14H20N2S. The second-order valence-corrected chi connectivity index (χ2v) is 6.44. The van der Waals surface area contributed by atoms with Crippen LogP contribution in [0.3, 0.4) is 0 Å². The number of allylic oxidation sites excluding steroid dienone is 2. The number of hydrogen-bond donors (Lipinski definition) is 1. The van der Waals surface area contributed by atoms with Crippen molar-refractivity contribution in [2.45, 2.75) is 39.3 Å². The zero-order chi connectivity index (χ0) is 11.8. The van der Waals surface area contributed by atoms with Gasteiger partial charge in [0.1, 0.15) is 5.01 Å². The van der Waals surface area contributed by atoms with Crippen LogP contribution in [0.15, 0.2) is 17.5 Å². The molecule has 1 fully saturated rings. The van der Waals surface area contributed by atoms with Gasteiger partial charge in [0.15, 0.2) is 0 Å². The molecule has 2 bridgehead atoms. The Morgan fingerprint density at radius 3 is 2.94 bits per heavy atom. The Balaban J connectivity index is 1.54. The van der Waals surface area contributed by atoms with Crippen molar-refractivity contribution in [3.63, 3.8) is 0 Å². The molecule has 2 aliphatic carbocycles. The SMILES string of the molecule is Cc1csc(CNC(C)C2CC3C=CC2C3)n1. The van der Waals surface area contributed by atoms with Crippen LogP contribution in [0.2, 0.25) is 0 Å². The molecule has 3 heteroatoms. The molecule has 0 aliphatic heterocycles.